The fraction of sp³-hybridized carbons (Fsp3) is 0.368. The fourth-order valence-electron chi connectivity index (χ4n) is 2.23. The number of anilines is 2. The third-order valence-electron chi connectivity index (χ3n) is 3.53. The van der Waals surface area contributed by atoms with Gasteiger partial charge in [0.25, 0.3) is 5.91 Å². The predicted octanol–water partition coefficient (Wildman–Crippen LogP) is 4.14. The summed E-state index contributed by atoms with van der Waals surface area (Å²) >= 11 is 0. The highest BCUT2D eigenvalue weighted by molar-refractivity contribution is 5.94. The molecule has 0 radical (unpaired) electrons. The molecule has 0 aliphatic heterocycles. The maximum atomic E-state index is 12.0. The standard InChI is InChI=1S/C19H25N3O2/c1-3-5-6-13-20-19(23)15-7-12-18(21-14-15)22-16-8-10-17(11-9-16)24-4-2/h7-12,14H,3-6,13H2,1-2H3,(H,20,23)(H,21,22). The molecule has 0 atom stereocenters. The van der Waals surface area contributed by atoms with Crippen molar-refractivity contribution < 1.29 is 9.53 Å². The Hall–Kier alpha value is -2.56. The van der Waals surface area contributed by atoms with Crippen LogP contribution in [-0.2, 0) is 0 Å². The summed E-state index contributed by atoms with van der Waals surface area (Å²) in [6.45, 7) is 5.45. The van der Waals surface area contributed by atoms with Crippen molar-refractivity contribution in [3.8, 4) is 5.75 Å². The van der Waals surface area contributed by atoms with Crippen LogP contribution in [-0.4, -0.2) is 24.0 Å². The molecule has 24 heavy (non-hydrogen) atoms. The van der Waals surface area contributed by atoms with Crippen LogP contribution in [0, 0.1) is 0 Å². The van der Waals surface area contributed by atoms with Gasteiger partial charge in [-0.25, -0.2) is 4.98 Å². The minimum atomic E-state index is -0.0776. The summed E-state index contributed by atoms with van der Waals surface area (Å²) in [6.07, 6.45) is 4.87. The van der Waals surface area contributed by atoms with Gasteiger partial charge in [0.2, 0.25) is 0 Å². The number of carbonyl (C=O) groups excluding carboxylic acids is 1. The molecular weight excluding hydrogens is 302 g/mol. The van der Waals surface area contributed by atoms with Crippen molar-refractivity contribution in [1.82, 2.24) is 10.3 Å². The van der Waals surface area contributed by atoms with E-state index >= 15 is 0 Å². The van der Waals surface area contributed by atoms with Gasteiger partial charge in [-0.3, -0.25) is 4.79 Å². The maximum Gasteiger partial charge on any atom is 0.252 e. The molecule has 1 aromatic carbocycles. The van der Waals surface area contributed by atoms with Gasteiger partial charge in [-0.1, -0.05) is 19.8 Å². The Kier molecular flexibility index (Phi) is 7.08. The quantitative estimate of drug-likeness (QED) is 0.679. The predicted molar refractivity (Wildman–Crippen MR) is 97.0 cm³/mol. The van der Waals surface area contributed by atoms with Crippen LogP contribution >= 0.6 is 0 Å². The van der Waals surface area contributed by atoms with E-state index in [1.165, 1.54) is 0 Å². The van der Waals surface area contributed by atoms with Crippen molar-refractivity contribution in [2.45, 2.75) is 33.1 Å². The molecule has 5 nitrogen and oxygen atoms in total. The Labute approximate surface area is 143 Å². The van der Waals surface area contributed by atoms with Gasteiger partial charge in [0.1, 0.15) is 11.6 Å². The molecule has 2 aromatic rings. The summed E-state index contributed by atoms with van der Waals surface area (Å²) in [6, 6.07) is 11.3. The van der Waals surface area contributed by atoms with E-state index in [1.54, 1.807) is 18.3 Å². The van der Waals surface area contributed by atoms with Crippen LogP contribution in [0.2, 0.25) is 0 Å². The van der Waals surface area contributed by atoms with E-state index in [-0.39, 0.29) is 5.91 Å². The Balaban J connectivity index is 1.88. The molecule has 5 heteroatoms. The second-order valence-corrected chi connectivity index (χ2v) is 5.48. The van der Waals surface area contributed by atoms with Crippen LogP contribution in [0.1, 0.15) is 43.5 Å². The monoisotopic (exact) mass is 327 g/mol. The topological polar surface area (TPSA) is 63.2 Å². The highest BCUT2D eigenvalue weighted by Gasteiger charge is 2.05. The van der Waals surface area contributed by atoms with Crippen LogP contribution in [0.5, 0.6) is 5.75 Å². The zero-order chi connectivity index (χ0) is 17.2. The molecule has 0 spiro atoms. The molecule has 128 valence electrons. The number of unbranched alkanes of at least 4 members (excludes halogenated alkanes) is 2. The van der Waals surface area contributed by atoms with Crippen molar-refractivity contribution in [2.24, 2.45) is 0 Å². The van der Waals surface area contributed by atoms with E-state index in [0.29, 0.717) is 24.5 Å². The van der Waals surface area contributed by atoms with Crippen LogP contribution in [0.15, 0.2) is 42.6 Å². The second kappa shape index (κ2) is 9.55. The first-order valence-corrected chi connectivity index (χ1v) is 8.47. The summed E-state index contributed by atoms with van der Waals surface area (Å²) < 4.78 is 5.41. The smallest absolute Gasteiger partial charge is 0.252 e. The van der Waals surface area contributed by atoms with Gasteiger partial charge in [-0.15, -0.1) is 0 Å². The molecule has 0 saturated carbocycles. The Bertz CT molecular complexity index is 624. The van der Waals surface area contributed by atoms with Gasteiger partial charge in [0.05, 0.1) is 12.2 Å². The van der Waals surface area contributed by atoms with E-state index in [4.69, 9.17) is 4.74 Å². The normalized spacial score (nSPS) is 10.2. The third-order valence-corrected chi connectivity index (χ3v) is 3.53. The van der Waals surface area contributed by atoms with Gasteiger partial charge in [-0.2, -0.15) is 0 Å². The Morgan fingerprint density at radius 3 is 2.50 bits per heavy atom. The number of benzene rings is 1. The van der Waals surface area contributed by atoms with Crippen molar-refractivity contribution in [1.29, 1.82) is 0 Å². The van der Waals surface area contributed by atoms with Crippen LogP contribution in [0.4, 0.5) is 11.5 Å². The average Bonchev–Trinajstić information content (AvgIpc) is 2.61. The lowest BCUT2D eigenvalue weighted by Crippen LogP contribution is -2.24. The number of hydrogen-bond acceptors (Lipinski definition) is 4. The molecule has 2 rings (SSSR count). The minimum Gasteiger partial charge on any atom is -0.494 e. The van der Waals surface area contributed by atoms with E-state index < -0.39 is 0 Å². The molecular formula is C19H25N3O2. The van der Waals surface area contributed by atoms with Crippen molar-refractivity contribution in [3.05, 3.63) is 48.2 Å². The molecule has 1 aromatic heterocycles. The molecule has 0 bridgehead atoms. The number of hydrogen-bond donors (Lipinski definition) is 2. The molecule has 0 fully saturated rings. The average molecular weight is 327 g/mol. The zero-order valence-corrected chi connectivity index (χ0v) is 14.3. The first kappa shape index (κ1) is 17.8. The number of amides is 1. The second-order valence-electron chi connectivity index (χ2n) is 5.48. The summed E-state index contributed by atoms with van der Waals surface area (Å²) in [5, 5.41) is 6.11. The van der Waals surface area contributed by atoms with Gasteiger partial charge in [0, 0.05) is 18.4 Å². The molecule has 2 N–H and O–H groups in total. The molecule has 0 aliphatic rings. The Morgan fingerprint density at radius 2 is 1.88 bits per heavy atom. The number of nitrogens with zero attached hydrogens (tertiary/aromatic N) is 1. The summed E-state index contributed by atoms with van der Waals surface area (Å²) in [5.74, 6) is 1.46. The number of aromatic nitrogens is 1. The first-order chi connectivity index (χ1) is 11.7. The van der Waals surface area contributed by atoms with Gasteiger partial charge < -0.3 is 15.4 Å². The zero-order valence-electron chi connectivity index (χ0n) is 14.3. The molecule has 0 aliphatic carbocycles. The molecule has 0 saturated heterocycles. The number of ether oxygens (including phenoxy) is 1. The van der Waals surface area contributed by atoms with Gasteiger partial charge in [0.15, 0.2) is 0 Å². The maximum absolute atomic E-state index is 12.0. The number of pyridine rings is 1. The lowest BCUT2D eigenvalue weighted by atomic mass is 10.2. The van der Waals surface area contributed by atoms with Crippen LogP contribution < -0.4 is 15.4 Å². The molecule has 1 heterocycles. The van der Waals surface area contributed by atoms with E-state index in [0.717, 1.165) is 30.7 Å². The molecule has 0 unspecified atom stereocenters. The summed E-state index contributed by atoms with van der Waals surface area (Å²) in [5.41, 5.74) is 1.49. The van der Waals surface area contributed by atoms with Gasteiger partial charge >= 0.3 is 0 Å². The lowest BCUT2D eigenvalue weighted by molar-refractivity contribution is 0.0952. The van der Waals surface area contributed by atoms with Crippen molar-refractivity contribution in [2.75, 3.05) is 18.5 Å². The SMILES string of the molecule is CCCCCNC(=O)c1ccc(Nc2ccc(OCC)cc2)nc1. The van der Waals surface area contributed by atoms with Crippen LogP contribution in [0.25, 0.3) is 0 Å². The number of rotatable bonds is 9. The highest BCUT2D eigenvalue weighted by atomic mass is 16.5. The lowest BCUT2D eigenvalue weighted by Gasteiger charge is -2.08. The van der Waals surface area contributed by atoms with E-state index in [1.807, 2.05) is 31.2 Å². The van der Waals surface area contributed by atoms with E-state index in [2.05, 4.69) is 22.5 Å². The number of nitrogens with one attached hydrogen (secondary N) is 2. The summed E-state index contributed by atoms with van der Waals surface area (Å²) in [4.78, 5) is 16.3. The first-order valence-electron chi connectivity index (χ1n) is 8.47. The minimum absolute atomic E-state index is 0.0776. The fourth-order valence-corrected chi connectivity index (χ4v) is 2.23. The van der Waals surface area contributed by atoms with Crippen molar-refractivity contribution in [3.63, 3.8) is 0 Å². The highest BCUT2D eigenvalue weighted by Crippen LogP contribution is 2.19. The largest absolute Gasteiger partial charge is 0.494 e. The Morgan fingerprint density at radius 1 is 1.08 bits per heavy atom. The summed E-state index contributed by atoms with van der Waals surface area (Å²) in [7, 11) is 0. The van der Waals surface area contributed by atoms with Crippen molar-refractivity contribution >= 4 is 17.4 Å². The van der Waals surface area contributed by atoms with Gasteiger partial charge in [-0.05, 0) is 49.7 Å². The molecule has 1 amide bonds. The number of carbonyl (C=O) groups is 1. The third kappa shape index (κ3) is 5.57. The van der Waals surface area contributed by atoms with Crippen LogP contribution in [0.3, 0.4) is 0 Å². The van der Waals surface area contributed by atoms with E-state index in [9.17, 15) is 4.79 Å².